The summed E-state index contributed by atoms with van der Waals surface area (Å²) in [6.07, 6.45) is -4.52. The minimum Gasteiger partial charge on any atom is -0.351 e. The van der Waals surface area contributed by atoms with Gasteiger partial charge in [-0.25, -0.2) is 4.98 Å². The summed E-state index contributed by atoms with van der Waals surface area (Å²) in [6, 6.07) is 7.94. The van der Waals surface area contributed by atoms with Crippen molar-refractivity contribution in [3.63, 3.8) is 0 Å². The molecule has 0 unspecified atom stereocenters. The maximum atomic E-state index is 12.8. The van der Waals surface area contributed by atoms with E-state index in [-0.39, 0.29) is 16.6 Å². The van der Waals surface area contributed by atoms with Gasteiger partial charge in [0.1, 0.15) is 0 Å². The molecule has 5 nitrogen and oxygen atoms in total. The molecule has 2 heterocycles. The third-order valence-electron chi connectivity index (χ3n) is 3.60. The zero-order valence-electron chi connectivity index (χ0n) is 14.5. The number of hydrogen-bond acceptors (Lipinski definition) is 5. The van der Waals surface area contributed by atoms with Crippen LogP contribution in [0.5, 0.6) is 0 Å². The molecular weight excluding hydrogens is 411 g/mol. The van der Waals surface area contributed by atoms with Gasteiger partial charge in [0.15, 0.2) is 5.13 Å². The number of hydrogen-bond donors (Lipinski definition) is 2. The molecule has 28 heavy (non-hydrogen) atoms. The van der Waals surface area contributed by atoms with Crippen molar-refractivity contribution in [2.24, 2.45) is 0 Å². The highest BCUT2D eigenvalue weighted by Crippen LogP contribution is 2.32. The Bertz CT molecular complexity index is 1010. The largest absolute Gasteiger partial charge is 0.416 e. The highest BCUT2D eigenvalue weighted by Gasteiger charge is 2.31. The van der Waals surface area contributed by atoms with Crippen LogP contribution in [0.25, 0.3) is 10.6 Å². The number of alkyl halides is 3. The molecule has 0 atom stereocenters. The maximum Gasteiger partial charge on any atom is 0.416 e. The van der Waals surface area contributed by atoms with Crippen molar-refractivity contribution in [3.8, 4) is 10.6 Å². The second-order valence-electron chi connectivity index (χ2n) is 5.75. The number of anilines is 1. The van der Waals surface area contributed by atoms with Crippen molar-refractivity contribution < 1.29 is 22.8 Å². The van der Waals surface area contributed by atoms with E-state index in [1.54, 1.807) is 5.38 Å². The molecule has 0 spiro atoms. The van der Waals surface area contributed by atoms with Gasteiger partial charge in [0, 0.05) is 22.7 Å². The van der Waals surface area contributed by atoms with E-state index >= 15 is 0 Å². The number of nitrogens with one attached hydrogen (secondary N) is 2. The molecule has 0 aliphatic carbocycles. The fraction of sp³-hybridized carbons (Fsp3) is 0.167. The average molecular weight is 425 g/mol. The predicted octanol–water partition coefficient (Wildman–Crippen LogP) is 4.78. The summed E-state index contributed by atoms with van der Waals surface area (Å²) in [5.41, 5.74) is -0.339. The number of benzene rings is 1. The SMILES string of the molecule is CC(=O)NCc1ccc(-c2csc(NC(=O)c3cccc(C(F)(F)F)c3)n2)s1. The predicted molar refractivity (Wildman–Crippen MR) is 102 cm³/mol. The van der Waals surface area contributed by atoms with Crippen molar-refractivity contribution in [3.05, 3.63) is 57.8 Å². The quantitative estimate of drug-likeness (QED) is 0.618. The summed E-state index contributed by atoms with van der Waals surface area (Å²) in [5.74, 6) is -0.785. The lowest BCUT2D eigenvalue weighted by molar-refractivity contribution is -0.137. The summed E-state index contributed by atoms with van der Waals surface area (Å²) < 4.78 is 38.4. The van der Waals surface area contributed by atoms with E-state index in [4.69, 9.17) is 0 Å². The summed E-state index contributed by atoms with van der Waals surface area (Å²) in [4.78, 5) is 29.3. The minimum atomic E-state index is -4.52. The number of thiazole rings is 1. The van der Waals surface area contributed by atoms with E-state index in [1.807, 2.05) is 12.1 Å². The molecule has 2 aromatic heterocycles. The van der Waals surface area contributed by atoms with Crippen molar-refractivity contribution >= 4 is 39.6 Å². The number of halogens is 3. The standard InChI is InChI=1S/C18H14F3N3O2S2/c1-10(25)22-8-13-5-6-15(28-13)14-9-27-17(23-14)24-16(26)11-3-2-4-12(7-11)18(19,20)21/h2-7,9H,8H2,1H3,(H,22,25)(H,23,24,26). The first kappa shape index (κ1) is 20.0. The van der Waals surface area contributed by atoms with Crippen molar-refractivity contribution in [1.29, 1.82) is 0 Å². The van der Waals surface area contributed by atoms with E-state index in [1.165, 1.54) is 41.7 Å². The third-order valence-corrected chi connectivity index (χ3v) is 5.47. The lowest BCUT2D eigenvalue weighted by Crippen LogP contribution is -2.17. The zero-order valence-corrected chi connectivity index (χ0v) is 16.1. The van der Waals surface area contributed by atoms with E-state index < -0.39 is 17.6 Å². The molecule has 0 fully saturated rings. The Morgan fingerprint density at radius 3 is 2.68 bits per heavy atom. The molecule has 10 heteroatoms. The van der Waals surface area contributed by atoms with E-state index in [0.29, 0.717) is 12.2 Å². The Kier molecular flexibility index (Phi) is 5.80. The van der Waals surface area contributed by atoms with Crippen LogP contribution in [0.2, 0.25) is 0 Å². The first-order chi connectivity index (χ1) is 13.2. The molecule has 0 aliphatic rings. The molecule has 0 bridgehead atoms. The average Bonchev–Trinajstić information content (AvgIpc) is 3.28. The van der Waals surface area contributed by atoms with Crippen LogP contribution in [0.4, 0.5) is 18.3 Å². The third kappa shape index (κ3) is 4.96. The van der Waals surface area contributed by atoms with Crippen LogP contribution in [0.15, 0.2) is 41.8 Å². The fourth-order valence-electron chi connectivity index (χ4n) is 2.27. The fourth-order valence-corrected chi connectivity index (χ4v) is 3.96. The van der Waals surface area contributed by atoms with E-state index in [0.717, 1.165) is 21.9 Å². The summed E-state index contributed by atoms with van der Waals surface area (Å²) in [7, 11) is 0. The lowest BCUT2D eigenvalue weighted by Gasteiger charge is -2.08. The number of carbonyl (C=O) groups excluding carboxylic acids is 2. The number of carbonyl (C=O) groups is 2. The molecule has 3 aromatic rings. The van der Waals surface area contributed by atoms with Gasteiger partial charge in [-0.05, 0) is 30.3 Å². The van der Waals surface area contributed by atoms with Gasteiger partial charge in [-0.1, -0.05) is 6.07 Å². The van der Waals surface area contributed by atoms with Gasteiger partial charge in [0.05, 0.1) is 22.7 Å². The second-order valence-corrected chi connectivity index (χ2v) is 7.77. The van der Waals surface area contributed by atoms with Gasteiger partial charge in [-0.15, -0.1) is 22.7 Å². The van der Waals surface area contributed by atoms with Crippen molar-refractivity contribution in [1.82, 2.24) is 10.3 Å². The molecule has 2 amide bonds. The Labute approximate surface area is 166 Å². The van der Waals surface area contributed by atoms with Crippen LogP contribution in [0.1, 0.15) is 27.7 Å². The molecule has 0 saturated carbocycles. The van der Waals surface area contributed by atoms with Gasteiger partial charge < -0.3 is 5.32 Å². The van der Waals surface area contributed by atoms with Crippen LogP contribution < -0.4 is 10.6 Å². The summed E-state index contributed by atoms with van der Waals surface area (Å²) in [6.45, 7) is 1.86. The molecule has 1 aromatic carbocycles. The molecule has 146 valence electrons. The van der Waals surface area contributed by atoms with Gasteiger partial charge in [0.2, 0.25) is 5.91 Å². The van der Waals surface area contributed by atoms with Gasteiger partial charge in [0.25, 0.3) is 5.91 Å². The van der Waals surface area contributed by atoms with Crippen LogP contribution >= 0.6 is 22.7 Å². The Hall–Kier alpha value is -2.72. The van der Waals surface area contributed by atoms with Crippen LogP contribution in [-0.4, -0.2) is 16.8 Å². The Balaban J connectivity index is 1.69. The molecule has 0 radical (unpaired) electrons. The number of amides is 2. The highest BCUT2D eigenvalue weighted by molar-refractivity contribution is 7.17. The van der Waals surface area contributed by atoms with Crippen LogP contribution in [0.3, 0.4) is 0 Å². The molecule has 2 N–H and O–H groups in total. The first-order valence-corrected chi connectivity index (χ1v) is 9.69. The lowest BCUT2D eigenvalue weighted by atomic mass is 10.1. The maximum absolute atomic E-state index is 12.8. The Morgan fingerprint density at radius 2 is 1.96 bits per heavy atom. The Morgan fingerprint density at radius 1 is 1.18 bits per heavy atom. The van der Waals surface area contributed by atoms with Gasteiger partial charge >= 0.3 is 6.18 Å². The molecule has 3 rings (SSSR count). The topological polar surface area (TPSA) is 71.1 Å². The number of thiophene rings is 1. The van der Waals surface area contributed by atoms with Gasteiger partial charge in [-0.3, -0.25) is 14.9 Å². The number of aromatic nitrogens is 1. The molecule has 0 saturated heterocycles. The normalized spacial score (nSPS) is 11.3. The first-order valence-electron chi connectivity index (χ1n) is 8.00. The monoisotopic (exact) mass is 425 g/mol. The number of nitrogens with zero attached hydrogens (tertiary/aromatic N) is 1. The molecular formula is C18H14F3N3O2S2. The summed E-state index contributed by atoms with van der Waals surface area (Å²) in [5, 5.41) is 7.26. The van der Waals surface area contributed by atoms with E-state index in [2.05, 4.69) is 15.6 Å². The smallest absolute Gasteiger partial charge is 0.351 e. The molecule has 0 aliphatic heterocycles. The van der Waals surface area contributed by atoms with Crippen LogP contribution in [-0.2, 0) is 17.5 Å². The number of rotatable bonds is 5. The van der Waals surface area contributed by atoms with Crippen LogP contribution in [0, 0.1) is 0 Å². The highest BCUT2D eigenvalue weighted by atomic mass is 32.1. The van der Waals surface area contributed by atoms with Gasteiger partial charge in [-0.2, -0.15) is 13.2 Å². The zero-order chi connectivity index (χ0) is 20.3. The van der Waals surface area contributed by atoms with E-state index in [9.17, 15) is 22.8 Å². The van der Waals surface area contributed by atoms with Crippen molar-refractivity contribution in [2.45, 2.75) is 19.6 Å². The minimum absolute atomic E-state index is 0.0970. The summed E-state index contributed by atoms with van der Waals surface area (Å²) >= 11 is 2.63. The van der Waals surface area contributed by atoms with Crippen molar-refractivity contribution in [2.75, 3.05) is 5.32 Å². The second kappa shape index (κ2) is 8.11.